The zero-order valence-electron chi connectivity index (χ0n) is 20.0. The van der Waals surface area contributed by atoms with Crippen LogP contribution in [-0.4, -0.2) is 54.7 Å². The zero-order chi connectivity index (χ0) is 24.9. The van der Waals surface area contributed by atoms with E-state index < -0.39 is 18.5 Å². The number of esters is 1. The third-order valence-corrected chi connectivity index (χ3v) is 6.01. The van der Waals surface area contributed by atoms with E-state index in [1.165, 1.54) is 0 Å². The number of ether oxygens (including phenoxy) is 2. The van der Waals surface area contributed by atoms with Crippen LogP contribution < -0.4 is 5.32 Å². The summed E-state index contributed by atoms with van der Waals surface area (Å²) in [5.74, 6) is 0.288. The second-order valence-electron chi connectivity index (χ2n) is 8.69. The number of aryl methyl sites for hydroxylation is 1. The Balaban J connectivity index is 1.22. The van der Waals surface area contributed by atoms with E-state index in [0.29, 0.717) is 33.6 Å². The van der Waals surface area contributed by atoms with Crippen LogP contribution in [0.15, 0.2) is 71.1 Å². The Morgan fingerprint density at radius 2 is 1.81 bits per heavy atom. The van der Waals surface area contributed by atoms with Crippen molar-refractivity contribution in [1.82, 2.24) is 9.88 Å². The van der Waals surface area contributed by atoms with Gasteiger partial charge in [0.2, 0.25) is 0 Å². The fourth-order valence-electron chi connectivity index (χ4n) is 4.16. The van der Waals surface area contributed by atoms with Crippen LogP contribution in [-0.2, 0) is 20.8 Å². The lowest BCUT2D eigenvalue weighted by atomic mass is 10.1. The van der Waals surface area contributed by atoms with Crippen molar-refractivity contribution < 1.29 is 23.5 Å². The fraction of sp³-hybridized carbons (Fsp3) is 0.250. The zero-order valence-corrected chi connectivity index (χ0v) is 20.0. The number of benzene rings is 2. The molecular weight excluding hydrogens is 458 g/mol. The van der Waals surface area contributed by atoms with E-state index in [1.807, 2.05) is 55.5 Å². The monoisotopic (exact) mass is 485 g/mol. The molecule has 1 amide bonds. The highest BCUT2D eigenvalue weighted by atomic mass is 16.5. The Labute approximate surface area is 208 Å². The van der Waals surface area contributed by atoms with E-state index in [1.54, 1.807) is 18.2 Å². The molecule has 5 rings (SSSR count). The molecule has 2 aromatic carbocycles. The number of carbonyl (C=O) groups excluding carboxylic acids is 2. The van der Waals surface area contributed by atoms with Gasteiger partial charge < -0.3 is 19.2 Å². The lowest BCUT2D eigenvalue weighted by Crippen LogP contribution is -2.35. The van der Waals surface area contributed by atoms with Crippen molar-refractivity contribution in [2.75, 3.05) is 38.2 Å². The number of morpholine rings is 1. The van der Waals surface area contributed by atoms with Crippen LogP contribution >= 0.6 is 0 Å². The number of hydrogen-bond acceptors (Lipinski definition) is 7. The topological polar surface area (TPSA) is 93.9 Å². The summed E-state index contributed by atoms with van der Waals surface area (Å²) in [5.41, 5.74) is 3.29. The fourth-order valence-corrected chi connectivity index (χ4v) is 4.16. The summed E-state index contributed by atoms with van der Waals surface area (Å²) in [5, 5.41) is 3.42. The summed E-state index contributed by atoms with van der Waals surface area (Å²) in [6.07, 6.45) is 0. The number of furan rings is 1. The molecule has 3 heterocycles. The highest BCUT2D eigenvalue weighted by Gasteiger charge is 2.18. The molecule has 1 aliphatic heterocycles. The first-order chi connectivity index (χ1) is 17.5. The average molecular weight is 486 g/mol. The Morgan fingerprint density at radius 3 is 2.56 bits per heavy atom. The molecule has 1 fully saturated rings. The molecule has 8 nitrogen and oxygen atoms in total. The first kappa shape index (κ1) is 23.7. The van der Waals surface area contributed by atoms with Gasteiger partial charge in [-0.05, 0) is 48.9 Å². The smallest absolute Gasteiger partial charge is 0.339 e. The van der Waals surface area contributed by atoms with Crippen molar-refractivity contribution in [3.8, 4) is 11.5 Å². The molecule has 1 aliphatic rings. The van der Waals surface area contributed by atoms with Gasteiger partial charge in [-0.15, -0.1) is 0 Å². The number of rotatable bonds is 7. The van der Waals surface area contributed by atoms with Crippen LogP contribution in [0.3, 0.4) is 0 Å². The minimum atomic E-state index is -0.603. The van der Waals surface area contributed by atoms with Crippen molar-refractivity contribution in [2.45, 2.75) is 13.5 Å². The molecule has 1 saturated heterocycles. The number of nitrogens with zero attached hydrogens (tertiary/aromatic N) is 2. The Kier molecular flexibility index (Phi) is 7.06. The van der Waals surface area contributed by atoms with E-state index in [9.17, 15) is 9.59 Å². The van der Waals surface area contributed by atoms with Crippen LogP contribution in [0.1, 0.15) is 21.7 Å². The highest BCUT2D eigenvalue weighted by Crippen LogP contribution is 2.26. The predicted octanol–water partition coefficient (Wildman–Crippen LogP) is 4.43. The predicted molar refractivity (Wildman–Crippen MR) is 136 cm³/mol. The molecule has 0 aliphatic carbocycles. The minimum Gasteiger partial charge on any atom is -0.460 e. The largest absolute Gasteiger partial charge is 0.460 e. The quantitative estimate of drug-likeness (QED) is 0.387. The number of carbonyl (C=O) groups is 2. The van der Waals surface area contributed by atoms with Crippen LogP contribution in [0.25, 0.3) is 22.4 Å². The molecule has 2 aromatic heterocycles. The molecule has 0 spiro atoms. The first-order valence-corrected chi connectivity index (χ1v) is 11.9. The Hall–Kier alpha value is -4.01. The number of aromatic nitrogens is 1. The van der Waals surface area contributed by atoms with E-state index >= 15 is 0 Å². The van der Waals surface area contributed by atoms with Gasteiger partial charge in [-0.3, -0.25) is 9.69 Å². The number of anilines is 1. The minimum absolute atomic E-state index is 0.324. The number of amides is 1. The summed E-state index contributed by atoms with van der Waals surface area (Å²) in [7, 11) is 0. The summed E-state index contributed by atoms with van der Waals surface area (Å²) in [6, 6.07) is 20.2. The van der Waals surface area contributed by atoms with Crippen molar-refractivity contribution in [3.63, 3.8) is 0 Å². The van der Waals surface area contributed by atoms with E-state index in [4.69, 9.17) is 13.9 Å². The van der Waals surface area contributed by atoms with Gasteiger partial charge in [0.15, 0.2) is 12.4 Å². The molecule has 0 unspecified atom stereocenters. The molecule has 0 radical (unpaired) electrons. The number of pyridine rings is 1. The Morgan fingerprint density at radius 1 is 1.03 bits per heavy atom. The number of fused-ring (bicyclic) bond motifs is 1. The lowest BCUT2D eigenvalue weighted by Gasteiger charge is -2.26. The number of para-hydroxylation sites is 1. The molecule has 0 bridgehead atoms. The molecule has 184 valence electrons. The molecule has 1 N–H and O–H groups in total. The second-order valence-corrected chi connectivity index (χ2v) is 8.69. The van der Waals surface area contributed by atoms with Gasteiger partial charge in [-0.2, -0.15) is 0 Å². The maximum atomic E-state index is 13.0. The van der Waals surface area contributed by atoms with Gasteiger partial charge in [0.05, 0.1) is 24.3 Å². The Bertz CT molecular complexity index is 1370. The molecule has 4 aromatic rings. The van der Waals surface area contributed by atoms with E-state index in [2.05, 4.69) is 15.2 Å². The molecule has 36 heavy (non-hydrogen) atoms. The first-order valence-electron chi connectivity index (χ1n) is 11.9. The highest BCUT2D eigenvalue weighted by molar-refractivity contribution is 6.05. The summed E-state index contributed by atoms with van der Waals surface area (Å²) < 4.78 is 16.4. The van der Waals surface area contributed by atoms with Gasteiger partial charge >= 0.3 is 5.97 Å². The number of hydrogen-bond donors (Lipinski definition) is 1. The second kappa shape index (κ2) is 10.7. The van der Waals surface area contributed by atoms with Gasteiger partial charge in [0.1, 0.15) is 11.5 Å². The third kappa shape index (κ3) is 5.62. The molecule has 0 atom stereocenters. The van der Waals surface area contributed by atoms with Gasteiger partial charge in [-0.25, -0.2) is 9.78 Å². The molecule has 8 heteroatoms. The van der Waals surface area contributed by atoms with Crippen molar-refractivity contribution in [3.05, 3.63) is 83.6 Å². The number of nitrogens with one attached hydrogen (secondary N) is 1. The summed E-state index contributed by atoms with van der Waals surface area (Å²) >= 11 is 0. The molecule has 0 saturated carbocycles. The maximum Gasteiger partial charge on any atom is 0.339 e. The maximum absolute atomic E-state index is 13.0. The van der Waals surface area contributed by atoms with Gasteiger partial charge in [-0.1, -0.05) is 30.3 Å². The van der Waals surface area contributed by atoms with Crippen molar-refractivity contribution in [2.24, 2.45) is 0 Å². The van der Waals surface area contributed by atoms with Crippen LogP contribution in [0.5, 0.6) is 0 Å². The van der Waals surface area contributed by atoms with Gasteiger partial charge in [0, 0.05) is 30.7 Å². The lowest BCUT2D eigenvalue weighted by molar-refractivity contribution is -0.119. The molecular formula is C28H27N3O5. The van der Waals surface area contributed by atoms with Crippen molar-refractivity contribution >= 4 is 28.5 Å². The van der Waals surface area contributed by atoms with Crippen molar-refractivity contribution in [1.29, 1.82) is 0 Å². The van der Waals surface area contributed by atoms with Crippen LogP contribution in [0, 0.1) is 6.92 Å². The average Bonchev–Trinajstić information content (AvgIpc) is 3.34. The van der Waals surface area contributed by atoms with E-state index in [0.717, 1.165) is 44.2 Å². The summed E-state index contributed by atoms with van der Waals surface area (Å²) in [4.78, 5) is 32.4. The third-order valence-electron chi connectivity index (χ3n) is 6.01. The standard InChI is InChI=1S/C28H27N3O5/c1-19-6-11-26(36-19)25-16-23(22-4-2-3-5-24(22)30-25)28(33)35-18-27(32)29-21-9-7-20(8-10-21)17-31-12-14-34-15-13-31/h2-11,16H,12-15,17-18H2,1H3,(H,29,32). The summed E-state index contributed by atoms with van der Waals surface area (Å²) in [6.45, 7) is 5.63. The van der Waals surface area contributed by atoms with Crippen LogP contribution in [0.4, 0.5) is 5.69 Å². The van der Waals surface area contributed by atoms with Crippen LogP contribution in [0.2, 0.25) is 0 Å². The van der Waals surface area contributed by atoms with E-state index in [-0.39, 0.29) is 0 Å². The van der Waals surface area contributed by atoms with Gasteiger partial charge in [0.25, 0.3) is 5.91 Å². The normalized spacial score (nSPS) is 14.0. The SMILES string of the molecule is Cc1ccc(-c2cc(C(=O)OCC(=O)Nc3ccc(CN4CCOCC4)cc3)c3ccccc3n2)o1.